The molecule has 1 fully saturated rings. The number of amides is 2. The van der Waals surface area contributed by atoms with Crippen molar-refractivity contribution in [1.29, 1.82) is 0 Å². The van der Waals surface area contributed by atoms with Crippen molar-refractivity contribution in [2.75, 3.05) is 64.4 Å². The van der Waals surface area contributed by atoms with Gasteiger partial charge in [0.15, 0.2) is 10.9 Å². The van der Waals surface area contributed by atoms with E-state index in [0.717, 1.165) is 35.5 Å². The van der Waals surface area contributed by atoms with E-state index >= 15 is 0 Å². The van der Waals surface area contributed by atoms with E-state index in [9.17, 15) is 9.59 Å². The summed E-state index contributed by atoms with van der Waals surface area (Å²) in [5.74, 6) is 0.643. The third-order valence-corrected chi connectivity index (χ3v) is 5.97. The second kappa shape index (κ2) is 9.93. The Morgan fingerprint density at radius 3 is 2.68 bits per heavy atom. The van der Waals surface area contributed by atoms with Gasteiger partial charge in [0.05, 0.1) is 31.9 Å². The van der Waals surface area contributed by atoms with Gasteiger partial charge in [-0.2, -0.15) is 0 Å². The summed E-state index contributed by atoms with van der Waals surface area (Å²) in [6.07, 6.45) is 1.04. The van der Waals surface area contributed by atoms with Crippen LogP contribution in [-0.4, -0.2) is 90.9 Å². The molecule has 2 N–H and O–H groups in total. The normalized spacial score (nSPS) is 15.2. The smallest absolute Gasteiger partial charge is 0.277 e. The SMILES string of the molecule is CCCNc1nnc(SCC(=O)N2CC[NH+](CC(=O)N(C)C)CC2)s1. The molecule has 0 aliphatic carbocycles. The zero-order valence-electron chi connectivity index (χ0n) is 15.1. The van der Waals surface area contributed by atoms with Crippen molar-refractivity contribution in [1.82, 2.24) is 20.0 Å². The average Bonchev–Trinajstić information content (AvgIpc) is 3.06. The Kier molecular flexibility index (Phi) is 7.91. The van der Waals surface area contributed by atoms with E-state index in [1.54, 1.807) is 19.0 Å². The molecule has 1 aromatic rings. The molecule has 2 rings (SSSR count). The summed E-state index contributed by atoms with van der Waals surface area (Å²) in [7, 11) is 3.55. The monoisotopic (exact) mass is 387 g/mol. The Morgan fingerprint density at radius 1 is 1.32 bits per heavy atom. The van der Waals surface area contributed by atoms with Crippen LogP contribution in [0.1, 0.15) is 13.3 Å². The minimum absolute atomic E-state index is 0.126. The van der Waals surface area contributed by atoms with Crippen molar-refractivity contribution in [3.05, 3.63) is 0 Å². The maximum atomic E-state index is 12.3. The summed E-state index contributed by atoms with van der Waals surface area (Å²) in [5.41, 5.74) is 0. The maximum absolute atomic E-state index is 12.3. The quantitative estimate of drug-likeness (QED) is 0.572. The first-order valence-electron chi connectivity index (χ1n) is 8.51. The summed E-state index contributed by atoms with van der Waals surface area (Å²) in [6, 6.07) is 0. The Balaban J connectivity index is 1.70. The third kappa shape index (κ3) is 6.44. The Morgan fingerprint density at radius 2 is 2.04 bits per heavy atom. The lowest BCUT2D eigenvalue weighted by Crippen LogP contribution is -3.15. The summed E-state index contributed by atoms with van der Waals surface area (Å²) in [6.45, 7) is 6.52. The number of nitrogens with one attached hydrogen (secondary N) is 2. The van der Waals surface area contributed by atoms with Gasteiger partial charge >= 0.3 is 0 Å². The van der Waals surface area contributed by atoms with E-state index < -0.39 is 0 Å². The van der Waals surface area contributed by atoms with E-state index in [1.165, 1.54) is 28.0 Å². The van der Waals surface area contributed by atoms with Gasteiger partial charge in [0.25, 0.3) is 5.91 Å². The van der Waals surface area contributed by atoms with Crippen LogP contribution >= 0.6 is 23.1 Å². The molecule has 1 aromatic heterocycles. The van der Waals surface area contributed by atoms with Crippen molar-refractivity contribution < 1.29 is 14.5 Å². The van der Waals surface area contributed by atoms with Crippen LogP contribution < -0.4 is 10.2 Å². The first kappa shape index (κ1) is 19.9. The van der Waals surface area contributed by atoms with Crippen LogP contribution in [0.2, 0.25) is 0 Å². The van der Waals surface area contributed by atoms with Crippen molar-refractivity contribution >= 4 is 40.0 Å². The lowest BCUT2D eigenvalue weighted by molar-refractivity contribution is -0.896. The molecule has 1 aliphatic rings. The van der Waals surface area contributed by atoms with Crippen molar-refractivity contribution in [3.63, 3.8) is 0 Å². The molecule has 0 aromatic carbocycles. The van der Waals surface area contributed by atoms with Crippen LogP contribution in [0.25, 0.3) is 0 Å². The standard InChI is InChI=1S/C15H26N6O2S2/c1-4-5-16-14-17-18-15(25-14)24-11-13(23)21-8-6-20(7-9-21)10-12(22)19(2)3/h4-11H2,1-3H3,(H,16,17)/p+1. The van der Waals surface area contributed by atoms with Crippen LogP contribution in [0.3, 0.4) is 0 Å². The number of piperazine rings is 1. The number of carbonyl (C=O) groups excluding carboxylic acids is 2. The van der Waals surface area contributed by atoms with E-state index in [1.807, 2.05) is 4.90 Å². The van der Waals surface area contributed by atoms with Crippen molar-refractivity contribution in [2.24, 2.45) is 0 Å². The van der Waals surface area contributed by atoms with Gasteiger partial charge < -0.3 is 20.0 Å². The summed E-state index contributed by atoms with van der Waals surface area (Å²) < 4.78 is 0.813. The summed E-state index contributed by atoms with van der Waals surface area (Å²) in [5, 5.41) is 12.2. The van der Waals surface area contributed by atoms with Gasteiger partial charge in [-0.05, 0) is 6.42 Å². The van der Waals surface area contributed by atoms with E-state index in [4.69, 9.17) is 0 Å². The highest BCUT2D eigenvalue weighted by atomic mass is 32.2. The summed E-state index contributed by atoms with van der Waals surface area (Å²) >= 11 is 2.92. The van der Waals surface area contributed by atoms with Crippen LogP contribution in [-0.2, 0) is 9.59 Å². The van der Waals surface area contributed by atoms with Crippen LogP contribution in [0.4, 0.5) is 5.13 Å². The fourth-order valence-electron chi connectivity index (χ4n) is 2.41. The molecule has 0 spiro atoms. The second-order valence-electron chi connectivity index (χ2n) is 6.18. The number of hydrogen-bond donors (Lipinski definition) is 2. The number of likely N-dealkylation sites (N-methyl/N-ethyl adjacent to an activating group) is 1. The molecule has 1 aliphatic heterocycles. The van der Waals surface area contributed by atoms with Gasteiger partial charge in [0, 0.05) is 20.6 Å². The molecule has 0 radical (unpaired) electrons. The molecule has 0 unspecified atom stereocenters. The Bertz CT molecular complexity index is 572. The zero-order chi connectivity index (χ0) is 18.2. The highest BCUT2D eigenvalue weighted by Crippen LogP contribution is 2.25. The minimum Gasteiger partial charge on any atom is -0.360 e. The van der Waals surface area contributed by atoms with E-state index in [0.29, 0.717) is 25.4 Å². The molecule has 25 heavy (non-hydrogen) atoms. The van der Waals surface area contributed by atoms with Gasteiger partial charge in [-0.3, -0.25) is 9.59 Å². The number of carbonyl (C=O) groups is 2. The average molecular weight is 388 g/mol. The Labute approximate surface area is 156 Å². The van der Waals surface area contributed by atoms with Crippen molar-refractivity contribution in [2.45, 2.75) is 17.7 Å². The van der Waals surface area contributed by atoms with E-state index in [2.05, 4.69) is 22.4 Å². The first-order valence-corrected chi connectivity index (χ1v) is 10.3. The van der Waals surface area contributed by atoms with Crippen LogP contribution in [0.5, 0.6) is 0 Å². The predicted octanol–water partition coefficient (Wildman–Crippen LogP) is -0.733. The van der Waals surface area contributed by atoms with Gasteiger partial charge in [-0.1, -0.05) is 30.0 Å². The fraction of sp³-hybridized carbons (Fsp3) is 0.733. The van der Waals surface area contributed by atoms with Gasteiger partial charge in [0.2, 0.25) is 11.0 Å². The first-order chi connectivity index (χ1) is 12.0. The largest absolute Gasteiger partial charge is 0.360 e. The number of rotatable bonds is 8. The van der Waals surface area contributed by atoms with Crippen LogP contribution in [0.15, 0.2) is 4.34 Å². The van der Waals surface area contributed by atoms with Gasteiger partial charge in [0.1, 0.15) is 0 Å². The maximum Gasteiger partial charge on any atom is 0.277 e. The highest BCUT2D eigenvalue weighted by Gasteiger charge is 2.25. The molecular formula is C15H27N6O2S2+. The summed E-state index contributed by atoms with van der Waals surface area (Å²) in [4.78, 5) is 28.8. The van der Waals surface area contributed by atoms with E-state index in [-0.39, 0.29) is 11.8 Å². The minimum atomic E-state index is 0.126. The molecule has 2 amide bonds. The predicted molar refractivity (Wildman–Crippen MR) is 100 cm³/mol. The number of anilines is 1. The number of hydrogen-bond acceptors (Lipinski definition) is 7. The number of thioether (sulfide) groups is 1. The zero-order valence-corrected chi connectivity index (χ0v) is 16.7. The van der Waals surface area contributed by atoms with Crippen molar-refractivity contribution in [3.8, 4) is 0 Å². The number of quaternary nitrogens is 1. The van der Waals surface area contributed by atoms with Crippen LogP contribution in [0, 0.1) is 0 Å². The third-order valence-electron chi connectivity index (χ3n) is 3.98. The molecule has 140 valence electrons. The fourth-order valence-corrected chi connectivity index (χ4v) is 4.09. The van der Waals surface area contributed by atoms with Gasteiger partial charge in [-0.25, -0.2) is 0 Å². The number of nitrogens with zero attached hydrogens (tertiary/aromatic N) is 4. The lowest BCUT2D eigenvalue weighted by atomic mass is 10.3. The molecule has 0 bridgehead atoms. The van der Waals surface area contributed by atoms with Gasteiger partial charge in [-0.15, -0.1) is 10.2 Å². The number of aromatic nitrogens is 2. The molecule has 2 heterocycles. The molecule has 0 atom stereocenters. The molecule has 10 heteroatoms. The highest BCUT2D eigenvalue weighted by molar-refractivity contribution is 8.01. The Hall–Kier alpha value is -1.39. The molecule has 0 saturated carbocycles. The lowest BCUT2D eigenvalue weighted by Gasteiger charge is -2.32. The second-order valence-corrected chi connectivity index (χ2v) is 8.38. The molecule has 8 nitrogen and oxygen atoms in total. The topological polar surface area (TPSA) is 82.9 Å². The molecule has 1 saturated heterocycles. The molecular weight excluding hydrogens is 360 g/mol.